The molecule has 0 aromatic heterocycles. The molecular formula is C19H24O5. The Labute approximate surface area is 143 Å². The van der Waals surface area contributed by atoms with E-state index in [1.807, 2.05) is 0 Å². The van der Waals surface area contributed by atoms with E-state index in [2.05, 4.69) is 11.8 Å². The van der Waals surface area contributed by atoms with Crippen molar-refractivity contribution >= 4 is 11.8 Å². The van der Waals surface area contributed by atoms with Crippen LogP contribution in [0.3, 0.4) is 0 Å². The van der Waals surface area contributed by atoms with Gasteiger partial charge in [-0.2, -0.15) is 0 Å². The number of methoxy groups -OCH3 is 2. The molecule has 0 spiro atoms. The van der Waals surface area contributed by atoms with Gasteiger partial charge in [-0.1, -0.05) is 6.42 Å². The minimum atomic E-state index is -0.948. The lowest BCUT2D eigenvalue weighted by molar-refractivity contribution is -0.157. The van der Waals surface area contributed by atoms with Gasteiger partial charge >= 0.3 is 5.97 Å². The Bertz CT molecular complexity index is 605. The minimum Gasteiger partial charge on any atom is -0.465 e. The fourth-order valence-electron chi connectivity index (χ4n) is 2.79. The molecule has 2 bridgehead atoms. The molecule has 0 saturated carbocycles. The zero-order chi connectivity index (χ0) is 17.4. The van der Waals surface area contributed by atoms with Gasteiger partial charge in [-0.3, -0.25) is 4.79 Å². The number of allylic oxidation sites excluding steroid dienone is 1. The normalized spacial score (nSPS) is 28.2. The summed E-state index contributed by atoms with van der Waals surface area (Å²) in [6.07, 6.45) is 9.26. The zero-order valence-electron chi connectivity index (χ0n) is 14.4. The first-order valence-corrected chi connectivity index (χ1v) is 8.37. The van der Waals surface area contributed by atoms with E-state index in [-0.39, 0.29) is 17.1 Å². The summed E-state index contributed by atoms with van der Waals surface area (Å²) < 4.78 is 16.1. The van der Waals surface area contributed by atoms with Gasteiger partial charge in [-0.15, -0.1) is 11.8 Å². The highest BCUT2D eigenvalue weighted by Gasteiger charge is 2.37. The third-order valence-electron chi connectivity index (χ3n) is 4.19. The molecule has 0 aromatic rings. The van der Waals surface area contributed by atoms with E-state index in [0.29, 0.717) is 19.3 Å². The van der Waals surface area contributed by atoms with Crippen molar-refractivity contribution in [3.05, 3.63) is 23.5 Å². The Kier molecular flexibility index (Phi) is 6.62. The molecule has 0 unspecified atom stereocenters. The Morgan fingerprint density at radius 3 is 2.62 bits per heavy atom. The van der Waals surface area contributed by atoms with E-state index in [0.717, 1.165) is 32.1 Å². The summed E-state index contributed by atoms with van der Waals surface area (Å²) in [6.45, 7) is 0. The van der Waals surface area contributed by atoms with Gasteiger partial charge in [0.1, 0.15) is 11.3 Å². The first kappa shape index (κ1) is 18.3. The van der Waals surface area contributed by atoms with Crippen LogP contribution >= 0.6 is 0 Å². The molecule has 0 N–H and O–H groups in total. The number of hydrogen-bond acceptors (Lipinski definition) is 5. The van der Waals surface area contributed by atoms with E-state index < -0.39 is 11.8 Å². The van der Waals surface area contributed by atoms with Gasteiger partial charge in [0.05, 0.1) is 7.11 Å². The summed E-state index contributed by atoms with van der Waals surface area (Å²) in [5, 5.41) is 0. The van der Waals surface area contributed by atoms with E-state index >= 15 is 0 Å². The number of rotatable bonds is 2. The highest BCUT2D eigenvalue weighted by molar-refractivity contribution is 6.18. The van der Waals surface area contributed by atoms with Gasteiger partial charge in [-0.05, 0) is 31.4 Å². The van der Waals surface area contributed by atoms with Crippen LogP contribution in [0.25, 0.3) is 0 Å². The topological polar surface area (TPSA) is 61.8 Å². The third-order valence-corrected chi connectivity index (χ3v) is 4.19. The molecule has 5 heteroatoms. The van der Waals surface area contributed by atoms with Gasteiger partial charge in [0, 0.05) is 32.8 Å². The fraction of sp³-hybridized carbons (Fsp3) is 0.579. The average molecular weight is 332 g/mol. The fourth-order valence-corrected chi connectivity index (χ4v) is 2.79. The Balaban J connectivity index is 2.29. The van der Waals surface area contributed by atoms with Crippen molar-refractivity contribution < 1.29 is 23.8 Å². The number of esters is 1. The highest BCUT2D eigenvalue weighted by atomic mass is 16.7. The van der Waals surface area contributed by atoms with E-state index in [1.54, 1.807) is 19.3 Å². The van der Waals surface area contributed by atoms with Crippen LogP contribution in [-0.4, -0.2) is 31.8 Å². The number of ether oxygens (including phenoxy) is 3. The summed E-state index contributed by atoms with van der Waals surface area (Å²) >= 11 is 0. The maximum absolute atomic E-state index is 12.5. The van der Waals surface area contributed by atoms with E-state index in [9.17, 15) is 9.59 Å². The number of hydrogen-bond donors (Lipinski definition) is 0. The number of Topliss-reactive ketones (excluding diaryl/α,β-unsaturated/α-hetero) is 1. The molecule has 2 heterocycles. The van der Waals surface area contributed by atoms with Crippen LogP contribution in [0.15, 0.2) is 23.5 Å². The molecule has 2 aliphatic rings. The highest BCUT2D eigenvalue weighted by Crippen LogP contribution is 2.33. The Morgan fingerprint density at radius 1 is 1.17 bits per heavy atom. The third kappa shape index (κ3) is 4.48. The number of carbonyl (C=O) groups is 2. The predicted octanol–water partition coefficient (Wildman–Crippen LogP) is 3.05. The quantitative estimate of drug-likeness (QED) is 0.442. The average Bonchev–Trinajstić information content (AvgIpc) is 3.00. The molecule has 2 rings (SSSR count). The minimum absolute atomic E-state index is 0.0289. The lowest BCUT2D eigenvalue weighted by Gasteiger charge is -2.26. The summed E-state index contributed by atoms with van der Waals surface area (Å²) in [5.74, 6) is 4.68. The molecule has 0 amide bonds. The number of ketones is 1. The molecular weight excluding hydrogens is 308 g/mol. The molecule has 1 atom stereocenters. The first-order chi connectivity index (χ1) is 11.6. The van der Waals surface area contributed by atoms with Crippen LogP contribution in [0.5, 0.6) is 0 Å². The lowest BCUT2D eigenvalue weighted by atomic mass is 10.0. The second kappa shape index (κ2) is 8.70. The molecule has 130 valence electrons. The first-order valence-electron chi connectivity index (χ1n) is 8.37. The van der Waals surface area contributed by atoms with Crippen molar-refractivity contribution in [2.45, 2.75) is 57.2 Å². The maximum Gasteiger partial charge on any atom is 0.345 e. The summed E-state index contributed by atoms with van der Waals surface area (Å²) in [6, 6.07) is 0. The molecule has 0 saturated heterocycles. The van der Waals surface area contributed by atoms with Crippen molar-refractivity contribution in [1.29, 1.82) is 0 Å². The molecule has 0 radical (unpaired) electrons. The van der Waals surface area contributed by atoms with Crippen molar-refractivity contribution in [3.8, 4) is 11.8 Å². The van der Waals surface area contributed by atoms with Crippen molar-refractivity contribution in [2.24, 2.45) is 0 Å². The smallest absolute Gasteiger partial charge is 0.345 e. The number of carbonyl (C=O) groups excluding carboxylic acids is 2. The second-order valence-corrected chi connectivity index (χ2v) is 5.87. The van der Waals surface area contributed by atoms with Gasteiger partial charge in [0.2, 0.25) is 5.79 Å². The summed E-state index contributed by atoms with van der Waals surface area (Å²) in [7, 11) is 2.81. The van der Waals surface area contributed by atoms with Crippen molar-refractivity contribution in [3.63, 3.8) is 0 Å². The largest absolute Gasteiger partial charge is 0.465 e. The molecule has 0 aliphatic carbocycles. The van der Waals surface area contributed by atoms with Gasteiger partial charge in [0.25, 0.3) is 0 Å². The molecule has 0 fully saturated rings. The van der Waals surface area contributed by atoms with E-state index in [1.165, 1.54) is 7.11 Å². The summed E-state index contributed by atoms with van der Waals surface area (Å²) in [4.78, 5) is 24.6. The van der Waals surface area contributed by atoms with Crippen LogP contribution in [-0.2, 0) is 23.8 Å². The van der Waals surface area contributed by atoms with Gasteiger partial charge in [-0.25, -0.2) is 4.79 Å². The standard InChI is InChI=1S/C19H24O5/c1-22-18(21)17-15(20)11-9-7-5-3-4-6-8-10-13-19(23-2)14-12-16(17)24-19/h12,14H,3,5,7-11,13H2,1-2H3/b17-16+/t19-/m1/s1. The van der Waals surface area contributed by atoms with Crippen LogP contribution in [0, 0.1) is 11.8 Å². The Hall–Kier alpha value is -2.06. The van der Waals surface area contributed by atoms with Crippen molar-refractivity contribution in [2.75, 3.05) is 14.2 Å². The maximum atomic E-state index is 12.5. The van der Waals surface area contributed by atoms with Crippen LogP contribution in [0.1, 0.15) is 51.4 Å². The Morgan fingerprint density at radius 2 is 1.92 bits per heavy atom. The van der Waals surface area contributed by atoms with Gasteiger partial charge < -0.3 is 14.2 Å². The van der Waals surface area contributed by atoms with Crippen LogP contribution in [0.4, 0.5) is 0 Å². The molecule has 24 heavy (non-hydrogen) atoms. The van der Waals surface area contributed by atoms with Gasteiger partial charge in [0.15, 0.2) is 5.78 Å². The van der Waals surface area contributed by atoms with E-state index in [4.69, 9.17) is 14.2 Å². The molecule has 5 nitrogen and oxygen atoms in total. The zero-order valence-corrected chi connectivity index (χ0v) is 14.4. The SMILES string of the molecule is COC(=O)/C1=C2\C=C[C@@](OC)(CCCC#CCCCCCC1=O)O2. The number of fused-ring (bicyclic) bond motifs is 2. The summed E-state index contributed by atoms with van der Waals surface area (Å²) in [5.41, 5.74) is -0.0289. The molecule has 2 aliphatic heterocycles. The van der Waals surface area contributed by atoms with Crippen molar-refractivity contribution in [1.82, 2.24) is 0 Å². The molecule has 0 aromatic carbocycles. The lowest BCUT2D eigenvalue weighted by Crippen LogP contribution is -2.30. The van der Waals surface area contributed by atoms with Crippen LogP contribution in [0.2, 0.25) is 0 Å². The monoisotopic (exact) mass is 332 g/mol. The second-order valence-electron chi connectivity index (χ2n) is 5.87. The van der Waals surface area contributed by atoms with Crippen LogP contribution < -0.4 is 0 Å². The predicted molar refractivity (Wildman–Crippen MR) is 88.7 cm³/mol.